The highest BCUT2D eigenvalue weighted by molar-refractivity contribution is 5.89. The molecule has 0 bridgehead atoms. The van der Waals surface area contributed by atoms with Crippen LogP contribution in [0.2, 0.25) is 0 Å². The van der Waals surface area contributed by atoms with E-state index in [4.69, 9.17) is 19.0 Å². The lowest BCUT2D eigenvalue weighted by Gasteiger charge is -2.30. The van der Waals surface area contributed by atoms with Gasteiger partial charge in [0, 0.05) is 30.9 Å². The number of amides is 2. The van der Waals surface area contributed by atoms with Gasteiger partial charge in [-0.3, -0.25) is 0 Å². The molecule has 3 N–H and O–H groups in total. The second-order valence-corrected chi connectivity index (χ2v) is 10.9. The predicted octanol–water partition coefficient (Wildman–Crippen LogP) is 8.40. The van der Waals surface area contributed by atoms with Crippen molar-refractivity contribution in [1.82, 2.24) is 5.48 Å². The van der Waals surface area contributed by atoms with Crippen molar-refractivity contribution >= 4 is 23.1 Å². The third-order valence-electron chi connectivity index (χ3n) is 7.40. The van der Waals surface area contributed by atoms with E-state index in [-0.39, 0.29) is 18.4 Å². The number of hydroxylamine groups is 1. The molecule has 9 nitrogen and oxygen atoms in total. The fraction of sp³-hybridized carbons (Fsp3) is 0.265. The third-order valence-corrected chi connectivity index (χ3v) is 7.40. The van der Waals surface area contributed by atoms with Crippen molar-refractivity contribution in [2.75, 3.05) is 48.9 Å². The second-order valence-electron chi connectivity index (χ2n) is 10.9. The number of ether oxygens (including phenoxy) is 3. The highest BCUT2D eigenvalue weighted by Gasteiger charge is 2.37. The number of urea groups is 1. The quantitative estimate of drug-likeness (QED) is 0.114. The molecule has 5 rings (SSSR count). The van der Waals surface area contributed by atoms with Crippen LogP contribution in [0.3, 0.4) is 0 Å². The first-order valence-electron chi connectivity index (χ1n) is 14.9. The summed E-state index contributed by atoms with van der Waals surface area (Å²) in [5, 5.41) is 5.35. The topological polar surface area (TPSA) is 93.3 Å². The highest BCUT2D eigenvalue weighted by atomic mass is 19.4. The molecule has 0 unspecified atom stereocenters. The van der Waals surface area contributed by atoms with Crippen molar-refractivity contribution in [3.05, 3.63) is 101 Å². The number of anilines is 3. The molecule has 0 aromatic heterocycles. The van der Waals surface area contributed by atoms with Crippen molar-refractivity contribution in [2.45, 2.75) is 25.8 Å². The van der Waals surface area contributed by atoms with Gasteiger partial charge in [-0.1, -0.05) is 18.2 Å². The monoisotopic (exact) mass is 690 g/mol. The summed E-state index contributed by atoms with van der Waals surface area (Å²) in [6.45, 7) is 4.63. The Morgan fingerprint density at radius 2 is 1.51 bits per heavy atom. The van der Waals surface area contributed by atoms with Crippen molar-refractivity contribution in [3.63, 3.8) is 0 Å². The van der Waals surface area contributed by atoms with Gasteiger partial charge >= 0.3 is 18.4 Å². The first-order valence-corrected chi connectivity index (χ1v) is 14.9. The number of morpholine rings is 1. The minimum atomic E-state index is -5.08. The molecule has 49 heavy (non-hydrogen) atoms. The van der Waals surface area contributed by atoms with Crippen molar-refractivity contribution in [1.29, 1.82) is 0 Å². The van der Waals surface area contributed by atoms with Gasteiger partial charge in [0.2, 0.25) is 0 Å². The first kappa shape index (κ1) is 35.0. The van der Waals surface area contributed by atoms with E-state index in [1.807, 2.05) is 54.1 Å². The number of benzene rings is 4. The summed E-state index contributed by atoms with van der Waals surface area (Å²) >= 11 is 0. The van der Waals surface area contributed by atoms with Gasteiger partial charge in [-0.15, -0.1) is 0 Å². The number of alkyl halides is 6. The van der Waals surface area contributed by atoms with E-state index in [9.17, 15) is 31.1 Å². The summed E-state index contributed by atoms with van der Waals surface area (Å²) in [6.07, 6.45) is -10.2. The standard InChI is InChI=1S/C34H32F6N4O5/c1-21-7-9-30(31(15-21)46-2)48-26-8-10-29(22(16-26)20-41-27-5-3-4-6-28(27)44-11-13-47-14-12-44)49-43-32(45)42-25-18-23(33(35,36)37)17-24(19-25)34(38,39)40/h3-10,15-19,41H,11-14,20H2,1-2H3,(H2,42,43,45). The number of rotatable bonds is 10. The predicted molar refractivity (Wildman–Crippen MR) is 170 cm³/mol. The molecule has 2 amide bonds. The Bertz CT molecular complexity index is 1740. The number of methoxy groups -OCH3 is 1. The zero-order valence-corrected chi connectivity index (χ0v) is 26.3. The van der Waals surface area contributed by atoms with Gasteiger partial charge in [0.05, 0.1) is 42.8 Å². The molecule has 0 saturated carbocycles. The van der Waals surface area contributed by atoms with Gasteiger partial charge in [-0.05, 0) is 73.2 Å². The van der Waals surface area contributed by atoms with Crippen molar-refractivity contribution in [2.24, 2.45) is 0 Å². The van der Waals surface area contributed by atoms with E-state index in [1.54, 1.807) is 18.2 Å². The van der Waals surface area contributed by atoms with Gasteiger partial charge in [-0.25, -0.2) is 4.79 Å². The number of nitrogens with one attached hydrogen (secondary N) is 3. The Morgan fingerprint density at radius 1 is 0.837 bits per heavy atom. The molecule has 0 aliphatic carbocycles. The third kappa shape index (κ3) is 9.19. The Labute approximate surface area is 277 Å². The fourth-order valence-corrected chi connectivity index (χ4v) is 5.02. The van der Waals surface area contributed by atoms with Crippen LogP contribution >= 0.6 is 0 Å². The molecule has 0 radical (unpaired) electrons. The van der Waals surface area contributed by atoms with Crippen LogP contribution in [0, 0.1) is 6.92 Å². The maximum Gasteiger partial charge on any atom is 0.416 e. The van der Waals surface area contributed by atoms with E-state index < -0.39 is 35.2 Å². The summed E-state index contributed by atoms with van der Waals surface area (Å²) in [5.74, 6) is 1.45. The van der Waals surface area contributed by atoms with Crippen LogP contribution in [0.1, 0.15) is 22.3 Å². The van der Waals surface area contributed by atoms with Crippen molar-refractivity contribution in [3.8, 4) is 23.0 Å². The van der Waals surface area contributed by atoms with E-state index in [1.165, 1.54) is 13.2 Å². The minimum Gasteiger partial charge on any atom is -0.493 e. The molecule has 1 heterocycles. The van der Waals surface area contributed by atoms with Crippen LogP contribution in [0.5, 0.6) is 23.0 Å². The van der Waals surface area contributed by atoms with Crippen LogP contribution in [0.15, 0.2) is 78.9 Å². The average molecular weight is 691 g/mol. The highest BCUT2D eigenvalue weighted by Crippen LogP contribution is 2.38. The molecule has 15 heteroatoms. The van der Waals surface area contributed by atoms with E-state index in [0.717, 1.165) is 16.9 Å². The molecule has 260 valence electrons. The summed E-state index contributed by atoms with van der Waals surface area (Å²) in [5.41, 5.74) is 1.34. The number of hydrogen-bond acceptors (Lipinski definition) is 7. The van der Waals surface area contributed by atoms with Gasteiger partial charge in [0.1, 0.15) is 5.75 Å². The smallest absolute Gasteiger partial charge is 0.416 e. The zero-order valence-electron chi connectivity index (χ0n) is 26.3. The molecule has 1 aliphatic heterocycles. The van der Waals surface area contributed by atoms with Gasteiger partial charge in [0.25, 0.3) is 0 Å². The molecular weight excluding hydrogens is 658 g/mol. The average Bonchev–Trinajstić information content (AvgIpc) is 3.07. The summed E-state index contributed by atoms with van der Waals surface area (Å²) in [7, 11) is 1.51. The molecule has 0 atom stereocenters. The molecule has 0 spiro atoms. The largest absolute Gasteiger partial charge is 0.493 e. The lowest BCUT2D eigenvalue weighted by atomic mass is 10.1. The minimum absolute atomic E-state index is 0.0358. The SMILES string of the molecule is COc1cc(C)ccc1Oc1ccc(ONC(=O)Nc2cc(C(F)(F)F)cc(C(F)(F)F)c2)c(CNc2ccccc2N2CCOCC2)c1. The Kier molecular flexibility index (Phi) is 10.6. The van der Waals surface area contributed by atoms with Gasteiger partial charge in [0.15, 0.2) is 17.2 Å². The molecule has 1 aliphatic rings. The van der Waals surface area contributed by atoms with Crippen LogP contribution < -0.4 is 35.3 Å². The summed E-state index contributed by atoms with van der Waals surface area (Å²) in [4.78, 5) is 20.3. The number of hydrogen-bond donors (Lipinski definition) is 3. The first-order chi connectivity index (χ1) is 23.3. The Balaban J connectivity index is 1.37. The van der Waals surface area contributed by atoms with Crippen molar-refractivity contribution < 1.29 is 50.2 Å². The number of para-hydroxylation sites is 2. The zero-order chi connectivity index (χ0) is 35.2. The summed E-state index contributed by atoms with van der Waals surface area (Å²) in [6, 6.07) is 17.3. The molecule has 1 fully saturated rings. The summed E-state index contributed by atoms with van der Waals surface area (Å²) < 4.78 is 96.8. The number of carbonyl (C=O) groups excluding carboxylic acids is 1. The van der Waals surface area contributed by atoms with E-state index in [0.29, 0.717) is 61.2 Å². The second kappa shape index (κ2) is 14.8. The lowest BCUT2D eigenvalue weighted by Crippen LogP contribution is -2.36. The molecule has 4 aromatic carbocycles. The molecule has 1 saturated heterocycles. The molecule has 4 aromatic rings. The van der Waals surface area contributed by atoms with E-state index in [2.05, 4.69) is 10.2 Å². The normalized spacial score (nSPS) is 13.4. The number of halogens is 6. The number of carbonyl (C=O) groups is 1. The number of aryl methyl sites for hydroxylation is 1. The Hall–Kier alpha value is -5.31. The number of nitrogens with zero attached hydrogens (tertiary/aromatic N) is 1. The van der Waals surface area contributed by atoms with Crippen LogP contribution in [-0.4, -0.2) is 39.4 Å². The van der Waals surface area contributed by atoms with Gasteiger partial charge < -0.3 is 34.6 Å². The van der Waals surface area contributed by atoms with Gasteiger partial charge in [-0.2, -0.15) is 31.8 Å². The van der Waals surface area contributed by atoms with E-state index >= 15 is 0 Å². The van der Waals surface area contributed by atoms with Crippen LogP contribution in [0.25, 0.3) is 0 Å². The maximum absolute atomic E-state index is 13.3. The van der Waals surface area contributed by atoms with Crippen LogP contribution in [0.4, 0.5) is 48.2 Å². The fourth-order valence-electron chi connectivity index (χ4n) is 5.02. The molecular formula is C34H32F6N4O5. The lowest BCUT2D eigenvalue weighted by molar-refractivity contribution is -0.143. The Morgan fingerprint density at radius 3 is 2.18 bits per heavy atom. The maximum atomic E-state index is 13.3. The van der Waals surface area contributed by atoms with Crippen LogP contribution in [-0.2, 0) is 23.6 Å².